The topological polar surface area (TPSA) is 107 Å². The van der Waals surface area contributed by atoms with Crippen LogP contribution in [0, 0.1) is 0 Å². The molecule has 0 aromatic rings. The van der Waals surface area contributed by atoms with E-state index in [-0.39, 0.29) is 19.8 Å². The molecule has 78 valence electrons. The third-order valence-electron chi connectivity index (χ3n) is 1.60. The van der Waals surface area contributed by atoms with Gasteiger partial charge in [-0.25, -0.2) is 0 Å². The van der Waals surface area contributed by atoms with E-state index < -0.39 is 12.0 Å². The van der Waals surface area contributed by atoms with Gasteiger partial charge in [0.05, 0.1) is 13.2 Å². The Morgan fingerprint density at radius 2 is 1.77 bits per heavy atom. The van der Waals surface area contributed by atoms with Crippen molar-refractivity contribution in [2.24, 2.45) is 5.73 Å². The SMILES string of the molecule is N[C@H](CN(CCO)CCO)C(=O)O. The molecule has 0 bridgehead atoms. The van der Waals surface area contributed by atoms with Gasteiger partial charge in [0.1, 0.15) is 6.04 Å². The Kier molecular flexibility index (Phi) is 6.43. The Bertz CT molecular complexity index is 147. The molecule has 1 atom stereocenters. The summed E-state index contributed by atoms with van der Waals surface area (Å²) < 4.78 is 0. The number of hydrogen-bond acceptors (Lipinski definition) is 5. The van der Waals surface area contributed by atoms with E-state index in [9.17, 15) is 4.79 Å². The molecular formula is C7H16N2O4. The molecule has 0 spiro atoms. The number of carboxylic acid groups (broad SMARTS) is 1. The van der Waals surface area contributed by atoms with Crippen molar-refractivity contribution in [3.63, 3.8) is 0 Å². The van der Waals surface area contributed by atoms with Crippen LogP contribution in [0.5, 0.6) is 0 Å². The number of aliphatic hydroxyl groups excluding tert-OH is 2. The normalized spacial score (nSPS) is 13.2. The van der Waals surface area contributed by atoms with E-state index >= 15 is 0 Å². The molecule has 0 aromatic heterocycles. The second kappa shape index (κ2) is 6.79. The Hall–Kier alpha value is -0.690. The average Bonchev–Trinajstić information content (AvgIpc) is 2.05. The minimum absolute atomic E-state index is 0.0770. The maximum atomic E-state index is 10.4. The Morgan fingerprint density at radius 1 is 1.31 bits per heavy atom. The highest BCUT2D eigenvalue weighted by molar-refractivity contribution is 5.73. The zero-order valence-corrected chi connectivity index (χ0v) is 7.39. The van der Waals surface area contributed by atoms with Crippen LogP contribution in [0.1, 0.15) is 0 Å². The summed E-state index contributed by atoms with van der Waals surface area (Å²) in [7, 11) is 0. The molecule has 13 heavy (non-hydrogen) atoms. The quantitative estimate of drug-likeness (QED) is 0.361. The van der Waals surface area contributed by atoms with Crippen LogP contribution in [-0.2, 0) is 4.79 Å². The molecule has 5 N–H and O–H groups in total. The van der Waals surface area contributed by atoms with Crippen LogP contribution in [-0.4, -0.2) is 65.1 Å². The maximum Gasteiger partial charge on any atom is 0.321 e. The molecule has 6 heteroatoms. The Morgan fingerprint density at radius 3 is 2.08 bits per heavy atom. The highest BCUT2D eigenvalue weighted by atomic mass is 16.4. The van der Waals surface area contributed by atoms with Gasteiger partial charge in [0.15, 0.2) is 0 Å². The number of rotatable bonds is 7. The molecule has 0 saturated heterocycles. The first kappa shape index (κ1) is 12.3. The van der Waals surface area contributed by atoms with Crippen molar-refractivity contribution in [3.05, 3.63) is 0 Å². The Balaban J connectivity index is 3.85. The summed E-state index contributed by atoms with van der Waals surface area (Å²) in [5.41, 5.74) is 5.27. The molecule has 0 rings (SSSR count). The molecule has 0 aliphatic carbocycles. The lowest BCUT2D eigenvalue weighted by Gasteiger charge is -2.21. The fourth-order valence-corrected chi connectivity index (χ4v) is 0.933. The van der Waals surface area contributed by atoms with E-state index in [0.717, 1.165) is 0 Å². The fraction of sp³-hybridized carbons (Fsp3) is 0.857. The highest BCUT2D eigenvalue weighted by Gasteiger charge is 2.15. The standard InChI is InChI=1S/C7H16N2O4/c8-6(7(12)13)5-9(1-3-10)2-4-11/h6,10-11H,1-5,8H2,(H,12,13)/t6-/m1/s1. The summed E-state index contributed by atoms with van der Waals surface area (Å²) >= 11 is 0. The van der Waals surface area contributed by atoms with Gasteiger partial charge < -0.3 is 21.1 Å². The van der Waals surface area contributed by atoms with Crippen molar-refractivity contribution >= 4 is 5.97 Å². The minimum atomic E-state index is -1.08. The van der Waals surface area contributed by atoms with E-state index in [4.69, 9.17) is 21.1 Å². The number of aliphatic hydroxyl groups is 2. The van der Waals surface area contributed by atoms with Gasteiger partial charge in [0.2, 0.25) is 0 Å². The summed E-state index contributed by atoms with van der Waals surface area (Å²) in [5, 5.41) is 25.7. The van der Waals surface area contributed by atoms with Crippen molar-refractivity contribution in [2.45, 2.75) is 6.04 Å². The van der Waals surface area contributed by atoms with Crippen molar-refractivity contribution in [1.82, 2.24) is 4.90 Å². The highest BCUT2D eigenvalue weighted by Crippen LogP contribution is 1.90. The maximum absolute atomic E-state index is 10.4. The van der Waals surface area contributed by atoms with Gasteiger partial charge in [-0.3, -0.25) is 9.69 Å². The number of nitrogens with zero attached hydrogens (tertiary/aromatic N) is 1. The van der Waals surface area contributed by atoms with Crippen LogP contribution in [0.4, 0.5) is 0 Å². The zero-order valence-electron chi connectivity index (χ0n) is 7.39. The third kappa shape index (κ3) is 5.53. The third-order valence-corrected chi connectivity index (χ3v) is 1.60. The van der Waals surface area contributed by atoms with Crippen LogP contribution in [0.2, 0.25) is 0 Å². The minimum Gasteiger partial charge on any atom is -0.480 e. The molecule has 6 nitrogen and oxygen atoms in total. The van der Waals surface area contributed by atoms with Crippen molar-refractivity contribution < 1.29 is 20.1 Å². The largest absolute Gasteiger partial charge is 0.480 e. The molecule has 0 unspecified atom stereocenters. The van der Waals surface area contributed by atoms with Crippen molar-refractivity contribution in [3.8, 4) is 0 Å². The molecule has 0 radical (unpaired) electrons. The number of carboxylic acids is 1. The van der Waals surface area contributed by atoms with Crippen LogP contribution in [0.15, 0.2) is 0 Å². The molecule has 0 aromatic carbocycles. The van der Waals surface area contributed by atoms with E-state index in [2.05, 4.69) is 0 Å². The number of carbonyl (C=O) groups is 1. The lowest BCUT2D eigenvalue weighted by Crippen LogP contribution is -2.44. The summed E-state index contributed by atoms with van der Waals surface area (Å²) in [6.45, 7) is 0.623. The smallest absolute Gasteiger partial charge is 0.321 e. The lowest BCUT2D eigenvalue weighted by molar-refractivity contribution is -0.139. The van der Waals surface area contributed by atoms with Crippen LogP contribution in [0.25, 0.3) is 0 Å². The fourth-order valence-electron chi connectivity index (χ4n) is 0.933. The van der Waals surface area contributed by atoms with Gasteiger partial charge in [0, 0.05) is 19.6 Å². The van der Waals surface area contributed by atoms with E-state index in [1.54, 1.807) is 4.90 Å². The average molecular weight is 192 g/mol. The van der Waals surface area contributed by atoms with E-state index in [1.807, 2.05) is 0 Å². The monoisotopic (exact) mass is 192 g/mol. The van der Waals surface area contributed by atoms with E-state index in [1.165, 1.54) is 0 Å². The second-order valence-corrected chi connectivity index (χ2v) is 2.69. The molecule has 0 saturated carbocycles. The van der Waals surface area contributed by atoms with Gasteiger partial charge in [-0.2, -0.15) is 0 Å². The van der Waals surface area contributed by atoms with E-state index in [0.29, 0.717) is 13.1 Å². The molecule has 0 amide bonds. The summed E-state index contributed by atoms with van der Waals surface area (Å²) in [6.07, 6.45) is 0. The molecule has 0 aliphatic rings. The van der Waals surface area contributed by atoms with Gasteiger partial charge >= 0.3 is 5.97 Å². The molecule has 0 heterocycles. The Labute approximate surface area is 76.6 Å². The molecule has 0 aliphatic heterocycles. The lowest BCUT2D eigenvalue weighted by atomic mass is 10.3. The van der Waals surface area contributed by atoms with Crippen molar-refractivity contribution in [1.29, 1.82) is 0 Å². The number of nitrogens with two attached hydrogens (primary N) is 1. The van der Waals surface area contributed by atoms with Gasteiger partial charge in [0.25, 0.3) is 0 Å². The predicted octanol–water partition coefficient (Wildman–Crippen LogP) is -2.32. The summed E-state index contributed by atoms with van der Waals surface area (Å²) in [4.78, 5) is 12.0. The summed E-state index contributed by atoms with van der Waals surface area (Å²) in [5.74, 6) is -1.08. The van der Waals surface area contributed by atoms with Crippen LogP contribution < -0.4 is 5.73 Å². The second-order valence-electron chi connectivity index (χ2n) is 2.69. The number of hydrogen-bond donors (Lipinski definition) is 4. The molecular weight excluding hydrogens is 176 g/mol. The first-order valence-corrected chi connectivity index (χ1v) is 4.04. The zero-order chi connectivity index (χ0) is 10.3. The summed E-state index contributed by atoms with van der Waals surface area (Å²) in [6, 6.07) is -0.974. The predicted molar refractivity (Wildman–Crippen MR) is 46.2 cm³/mol. The number of aliphatic carboxylic acids is 1. The van der Waals surface area contributed by atoms with Gasteiger partial charge in [-0.05, 0) is 0 Å². The first-order valence-electron chi connectivity index (χ1n) is 4.04. The van der Waals surface area contributed by atoms with Crippen LogP contribution in [0.3, 0.4) is 0 Å². The molecule has 0 fully saturated rings. The first-order chi connectivity index (χ1) is 6.11. The van der Waals surface area contributed by atoms with Gasteiger partial charge in [-0.15, -0.1) is 0 Å². The van der Waals surface area contributed by atoms with Crippen LogP contribution >= 0.6 is 0 Å². The van der Waals surface area contributed by atoms with Gasteiger partial charge in [-0.1, -0.05) is 0 Å². The van der Waals surface area contributed by atoms with Crippen molar-refractivity contribution in [2.75, 3.05) is 32.8 Å².